The molecular weight excluding hydrogens is 204 g/mol. The lowest BCUT2D eigenvalue weighted by atomic mass is 10.00. The number of carbonyl (C=O) groups excluding carboxylic acids is 1. The summed E-state index contributed by atoms with van der Waals surface area (Å²) in [6.07, 6.45) is 2.81. The molecule has 0 saturated carbocycles. The van der Waals surface area contributed by atoms with Gasteiger partial charge in [-0.3, -0.25) is 4.79 Å². The smallest absolute Gasteiger partial charge is 0.302 e. The van der Waals surface area contributed by atoms with Gasteiger partial charge >= 0.3 is 5.97 Å². The zero-order valence-corrected chi connectivity index (χ0v) is 9.23. The van der Waals surface area contributed by atoms with Crippen molar-refractivity contribution in [2.24, 2.45) is 0 Å². The molecule has 16 heavy (non-hydrogen) atoms. The van der Waals surface area contributed by atoms with Crippen LogP contribution in [0.4, 0.5) is 0 Å². The summed E-state index contributed by atoms with van der Waals surface area (Å²) in [5.74, 6) is 0.653. The molecule has 0 bridgehead atoms. The zero-order chi connectivity index (χ0) is 11.4. The first-order chi connectivity index (χ1) is 7.77. The molecule has 2 rings (SSSR count). The van der Waals surface area contributed by atoms with E-state index < -0.39 is 0 Å². The first-order valence-corrected chi connectivity index (χ1v) is 5.32. The van der Waals surface area contributed by atoms with Gasteiger partial charge < -0.3 is 9.47 Å². The molecule has 0 spiro atoms. The summed E-state index contributed by atoms with van der Waals surface area (Å²) in [5.41, 5.74) is 2.28. The topological polar surface area (TPSA) is 35.5 Å². The van der Waals surface area contributed by atoms with Crippen LogP contribution in [0, 0.1) is 0 Å². The monoisotopic (exact) mass is 218 g/mol. The highest BCUT2D eigenvalue weighted by molar-refractivity contribution is 5.72. The largest absolute Gasteiger partial charge is 0.493 e. The van der Waals surface area contributed by atoms with Crippen molar-refractivity contribution in [2.45, 2.75) is 13.3 Å². The van der Waals surface area contributed by atoms with E-state index in [0.29, 0.717) is 13.2 Å². The average molecular weight is 218 g/mol. The second kappa shape index (κ2) is 4.84. The van der Waals surface area contributed by atoms with Gasteiger partial charge in [-0.25, -0.2) is 0 Å². The van der Waals surface area contributed by atoms with Gasteiger partial charge in [0.1, 0.15) is 12.4 Å². The SMILES string of the molecule is CC(=O)OC/C=C1/CCOc2ccccc21. The Morgan fingerprint density at radius 3 is 3.12 bits per heavy atom. The maximum Gasteiger partial charge on any atom is 0.302 e. The third kappa shape index (κ3) is 2.42. The summed E-state index contributed by atoms with van der Waals surface area (Å²) < 4.78 is 10.4. The van der Waals surface area contributed by atoms with Crippen molar-refractivity contribution in [1.82, 2.24) is 0 Å². The van der Waals surface area contributed by atoms with Crippen molar-refractivity contribution in [3.8, 4) is 5.75 Å². The Hall–Kier alpha value is -1.77. The fourth-order valence-corrected chi connectivity index (χ4v) is 1.74. The molecule has 3 heteroatoms. The normalized spacial score (nSPS) is 16.4. The first-order valence-electron chi connectivity index (χ1n) is 5.32. The molecule has 0 aromatic heterocycles. The lowest BCUT2D eigenvalue weighted by Crippen LogP contribution is -2.08. The lowest BCUT2D eigenvalue weighted by molar-refractivity contribution is -0.139. The van der Waals surface area contributed by atoms with Gasteiger partial charge in [-0.05, 0) is 17.7 Å². The lowest BCUT2D eigenvalue weighted by Gasteiger charge is -2.19. The maximum atomic E-state index is 10.7. The van der Waals surface area contributed by atoms with Crippen molar-refractivity contribution < 1.29 is 14.3 Å². The van der Waals surface area contributed by atoms with Gasteiger partial charge in [-0.2, -0.15) is 0 Å². The molecule has 1 aliphatic rings. The number of ether oxygens (including phenoxy) is 2. The fourth-order valence-electron chi connectivity index (χ4n) is 1.74. The molecular formula is C13H14O3. The van der Waals surface area contributed by atoms with E-state index in [1.807, 2.05) is 30.3 Å². The average Bonchev–Trinajstić information content (AvgIpc) is 2.29. The number of fused-ring (bicyclic) bond motifs is 1. The molecule has 1 aromatic carbocycles. The highest BCUT2D eigenvalue weighted by Crippen LogP contribution is 2.32. The predicted molar refractivity (Wildman–Crippen MR) is 61.2 cm³/mol. The van der Waals surface area contributed by atoms with Crippen molar-refractivity contribution in [3.05, 3.63) is 35.9 Å². The molecule has 1 heterocycles. The number of carbonyl (C=O) groups is 1. The highest BCUT2D eigenvalue weighted by atomic mass is 16.5. The quantitative estimate of drug-likeness (QED) is 0.715. The van der Waals surface area contributed by atoms with Crippen molar-refractivity contribution in [2.75, 3.05) is 13.2 Å². The number of rotatable bonds is 2. The van der Waals surface area contributed by atoms with Gasteiger partial charge in [0.2, 0.25) is 0 Å². The molecule has 84 valence electrons. The Morgan fingerprint density at radius 1 is 1.50 bits per heavy atom. The first kappa shape index (κ1) is 10.7. The van der Waals surface area contributed by atoms with Gasteiger partial charge in [-0.1, -0.05) is 18.2 Å². The van der Waals surface area contributed by atoms with Crippen LogP contribution in [0.5, 0.6) is 5.75 Å². The van der Waals surface area contributed by atoms with Crippen LogP contribution in [0.25, 0.3) is 5.57 Å². The van der Waals surface area contributed by atoms with Gasteiger partial charge in [0.15, 0.2) is 0 Å². The standard InChI is InChI=1S/C13H14O3/c1-10(14)15-8-6-11-7-9-16-13-5-3-2-4-12(11)13/h2-6H,7-9H2,1H3/b11-6-. The minimum absolute atomic E-state index is 0.253. The molecule has 0 radical (unpaired) electrons. The van der Waals surface area contributed by atoms with E-state index in [1.54, 1.807) is 0 Å². The molecule has 0 unspecified atom stereocenters. The summed E-state index contributed by atoms with van der Waals surface area (Å²) in [6.45, 7) is 2.43. The van der Waals surface area contributed by atoms with E-state index in [0.717, 1.165) is 17.7 Å². The second-order valence-corrected chi connectivity index (χ2v) is 3.63. The molecule has 3 nitrogen and oxygen atoms in total. The van der Waals surface area contributed by atoms with E-state index in [9.17, 15) is 4.79 Å². The second-order valence-electron chi connectivity index (χ2n) is 3.63. The van der Waals surface area contributed by atoms with Crippen LogP contribution in [0.15, 0.2) is 30.3 Å². The van der Waals surface area contributed by atoms with Crippen molar-refractivity contribution in [3.63, 3.8) is 0 Å². The van der Waals surface area contributed by atoms with Crippen molar-refractivity contribution in [1.29, 1.82) is 0 Å². The number of hydrogen-bond acceptors (Lipinski definition) is 3. The van der Waals surface area contributed by atoms with E-state index in [2.05, 4.69) is 0 Å². The molecule has 0 N–H and O–H groups in total. The van der Waals surface area contributed by atoms with Crippen LogP contribution >= 0.6 is 0 Å². The fraction of sp³-hybridized carbons (Fsp3) is 0.308. The van der Waals surface area contributed by atoms with Crippen LogP contribution in [0.1, 0.15) is 18.9 Å². The zero-order valence-electron chi connectivity index (χ0n) is 9.23. The van der Waals surface area contributed by atoms with Gasteiger partial charge in [0, 0.05) is 18.9 Å². The Morgan fingerprint density at radius 2 is 2.31 bits per heavy atom. The third-order valence-corrected chi connectivity index (χ3v) is 2.48. The minimum atomic E-state index is -0.253. The van der Waals surface area contributed by atoms with Crippen molar-refractivity contribution >= 4 is 11.5 Å². The van der Waals surface area contributed by atoms with Gasteiger partial charge in [-0.15, -0.1) is 0 Å². The van der Waals surface area contributed by atoms with Crippen LogP contribution in [-0.2, 0) is 9.53 Å². The molecule has 0 amide bonds. The van der Waals surface area contributed by atoms with Gasteiger partial charge in [0.25, 0.3) is 0 Å². The molecule has 1 aromatic rings. The Kier molecular flexibility index (Phi) is 3.25. The Bertz CT molecular complexity index is 421. The maximum absolute atomic E-state index is 10.7. The summed E-state index contributed by atoms with van der Waals surface area (Å²) in [7, 11) is 0. The van der Waals surface area contributed by atoms with Crippen LogP contribution in [-0.4, -0.2) is 19.2 Å². The Labute approximate surface area is 94.7 Å². The number of benzene rings is 1. The van der Waals surface area contributed by atoms with E-state index in [-0.39, 0.29) is 5.97 Å². The number of para-hydroxylation sites is 1. The Balaban J connectivity index is 2.15. The van der Waals surface area contributed by atoms with Crippen LogP contribution in [0.3, 0.4) is 0 Å². The minimum Gasteiger partial charge on any atom is -0.493 e. The third-order valence-electron chi connectivity index (χ3n) is 2.48. The van der Waals surface area contributed by atoms with E-state index in [4.69, 9.17) is 9.47 Å². The summed E-state index contributed by atoms with van der Waals surface area (Å²) >= 11 is 0. The summed E-state index contributed by atoms with van der Waals surface area (Å²) in [6, 6.07) is 7.91. The van der Waals surface area contributed by atoms with Gasteiger partial charge in [0.05, 0.1) is 6.61 Å². The van der Waals surface area contributed by atoms with E-state index >= 15 is 0 Å². The molecule has 1 aliphatic heterocycles. The molecule has 0 atom stereocenters. The predicted octanol–water partition coefficient (Wildman–Crippen LogP) is 2.42. The van der Waals surface area contributed by atoms with E-state index in [1.165, 1.54) is 12.5 Å². The number of hydrogen-bond donors (Lipinski definition) is 0. The summed E-state index contributed by atoms with van der Waals surface area (Å²) in [4.78, 5) is 10.7. The molecule has 0 fully saturated rings. The highest BCUT2D eigenvalue weighted by Gasteiger charge is 2.13. The molecule has 0 saturated heterocycles. The van der Waals surface area contributed by atoms with Crippen LogP contribution in [0.2, 0.25) is 0 Å². The van der Waals surface area contributed by atoms with Crippen LogP contribution < -0.4 is 4.74 Å². The molecule has 0 aliphatic carbocycles. The summed E-state index contributed by atoms with van der Waals surface area (Å²) in [5, 5.41) is 0. The number of esters is 1.